The Bertz CT molecular complexity index is 434. The van der Waals surface area contributed by atoms with E-state index < -0.39 is 0 Å². The van der Waals surface area contributed by atoms with Gasteiger partial charge < -0.3 is 14.8 Å². The van der Waals surface area contributed by atoms with E-state index in [1.807, 2.05) is 19.1 Å². The molecule has 1 rings (SSSR count). The second kappa shape index (κ2) is 8.03. The van der Waals surface area contributed by atoms with E-state index >= 15 is 0 Å². The van der Waals surface area contributed by atoms with Gasteiger partial charge in [0.15, 0.2) is 0 Å². The van der Waals surface area contributed by atoms with Gasteiger partial charge in [0, 0.05) is 6.42 Å². The quantitative estimate of drug-likeness (QED) is 0.785. The number of carbonyl (C=O) groups is 1. The van der Waals surface area contributed by atoms with Crippen LogP contribution >= 0.6 is 0 Å². The Morgan fingerprint density at radius 1 is 1.24 bits per heavy atom. The van der Waals surface area contributed by atoms with Crippen molar-refractivity contribution in [2.75, 3.05) is 20.3 Å². The molecular formula is C17H27NO3. The number of likely N-dealkylation sites (N-methyl/N-ethyl adjacent to an activating group) is 1. The van der Waals surface area contributed by atoms with Gasteiger partial charge in [0.05, 0.1) is 13.7 Å². The van der Waals surface area contributed by atoms with Crippen LogP contribution in [-0.4, -0.2) is 32.3 Å². The smallest absolute Gasteiger partial charge is 0.322 e. The van der Waals surface area contributed by atoms with Gasteiger partial charge in [-0.15, -0.1) is 0 Å². The van der Waals surface area contributed by atoms with Crippen LogP contribution in [0.3, 0.4) is 0 Å². The predicted molar refractivity (Wildman–Crippen MR) is 84.7 cm³/mol. The molecule has 0 fully saturated rings. The number of benzene rings is 1. The van der Waals surface area contributed by atoms with Crippen molar-refractivity contribution >= 4 is 5.97 Å². The van der Waals surface area contributed by atoms with E-state index in [2.05, 4.69) is 38.2 Å². The van der Waals surface area contributed by atoms with Gasteiger partial charge in [-0.25, -0.2) is 0 Å². The maximum Gasteiger partial charge on any atom is 0.322 e. The molecule has 0 radical (unpaired) electrons. The molecule has 1 atom stereocenters. The van der Waals surface area contributed by atoms with Crippen molar-refractivity contribution in [2.45, 2.75) is 45.6 Å². The molecule has 0 amide bonds. The molecule has 0 aliphatic carbocycles. The average Bonchev–Trinajstić information content (AvgIpc) is 2.45. The van der Waals surface area contributed by atoms with Crippen LogP contribution in [0, 0.1) is 0 Å². The third-order valence-corrected chi connectivity index (χ3v) is 3.33. The van der Waals surface area contributed by atoms with Gasteiger partial charge >= 0.3 is 5.97 Å². The summed E-state index contributed by atoms with van der Waals surface area (Å²) in [5, 5.41) is 3.09. The summed E-state index contributed by atoms with van der Waals surface area (Å²) in [6.07, 6.45) is 0.585. The molecule has 0 aliphatic heterocycles. The van der Waals surface area contributed by atoms with E-state index in [0.29, 0.717) is 13.0 Å². The molecule has 0 aromatic heterocycles. The fraction of sp³-hybridized carbons (Fsp3) is 0.588. The monoisotopic (exact) mass is 293 g/mol. The lowest BCUT2D eigenvalue weighted by atomic mass is 9.87. The van der Waals surface area contributed by atoms with Crippen LogP contribution in [0.15, 0.2) is 24.3 Å². The Balaban J connectivity index is 2.49. The summed E-state index contributed by atoms with van der Waals surface area (Å²) in [6, 6.07) is 7.80. The Morgan fingerprint density at radius 2 is 1.86 bits per heavy atom. The largest absolute Gasteiger partial charge is 0.494 e. The third-order valence-electron chi connectivity index (χ3n) is 3.33. The maximum atomic E-state index is 11.6. The molecule has 1 unspecified atom stereocenters. The predicted octanol–water partition coefficient (Wildman–Crippen LogP) is 2.90. The van der Waals surface area contributed by atoms with Crippen molar-refractivity contribution in [1.82, 2.24) is 5.32 Å². The highest BCUT2D eigenvalue weighted by molar-refractivity contribution is 5.75. The number of hydrogen-bond acceptors (Lipinski definition) is 4. The maximum absolute atomic E-state index is 11.6. The minimum absolute atomic E-state index is 0.138. The molecule has 4 nitrogen and oxygen atoms in total. The van der Waals surface area contributed by atoms with Crippen molar-refractivity contribution in [2.24, 2.45) is 0 Å². The molecule has 0 bridgehead atoms. The van der Waals surface area contributed by atoms with Crippen LogP contribution in [0.1, 0.15) is 39.7 Å². The van der Waals surface area contributed by atoms with E-state index in [-0.39, 0.29) is 17.4 Å². The van der Waals surface area contributed by atoms with Crippen LogP contribution in [-0.2, 0) is 14.9 Å². The minimum atomic E-state index is -0.311. The lowest BCUT2D eigenvalue weighted by Crippen LogP contribution is -2.38. The van der Waals surface area contributed by atoms with Crippen LogP contribution in [0.4, 0.5) is 0 Å². The Kier molecular flexibility index (Phi) is 6.69. The molecule has 0 saturated carbocycles. The normalized spacial score (nSPS) is 12.8. The number of nitrogens with one attached hydrogen (secondary N) is 1. The third kappa shape index (κ3) is 5.76. The van der Waals surface area contributed by atoms with Gasteiger partial charge in [-0.05, 0) is 29.7 Å². The highest BCUT2D eigenvalue weighted by Gasteiger charge is 2.17. The Labute approximate surface area is 127 Å². The second-order valence-corrected chi connectivity index (χ2v) is 6.04. The average molecular weight is 293 g/mol. The van der Waals surface area contributed by atoms with Crippen molar-refractivity contribution in [3.63, 3.8) is 0 Å². The van der Waals surface area contributed by atoms with Crippen molar-refractivity contribution in [1.29, 1.82) is 0 Å². The van der Waals surface area contributed by atoms with Crippen LogP contribution in [0.5, 0.6) is 5.75 Å². The van der Waals surface area contributed by atoms with Gasteiger partial charge in [0.25, 0.3) is 0 Å². The number of methoxy groups -OCH3 is 1. The summed E-state index contributed by atoms with van der Waals surface area (Å²) < 4.78 is 10.5. The Morgan fingerprint density at radius 3 is 2.33 bits per heavy atom. The molecule has 118 valence electrons. The second-order valence-electron chi connectivity index (χ2n) is 6.04. The molecule has 0 aliphatic rings. The van der Waals surface area contributed by atoms with E-state index in [1.54, 1.807) is 0 Å². The SMILES string of the molecule is CCNC(CCOc1ccc(C(C)(C)C)cc1)C(=O)OC. The molecule has 1 N–H and O–H groups in total. The summed E-state index contributed by atoms with van der Waals surface area (Å²) in [5.41, 5.74) is 1.41. The van der Waals surface area contributed by atoms with Gasteiger partial charge in [-0.1, -0.05) is 39.8 Å². The summed E-state index contributed by atoms with van der Waals surface area (Å²) in [6.45, 7) is 9.70. The number of ether oxygens (including phenoxy) is 2. The van der Waals surface area contributed by atoms with Crippen molar-refractivity contribution in [3.8, 4) is 5.75 Å². The zero-order valence-electron chi connectivity index (χ0n) is 13.7. The fourth-order valence-corrected chi connectivity index (χ4v) is 2.04. The summed E-state index contributed by atoms with van der Waals surface area (Å²) in [5.74, 6) is 0.576. The fourth-order valence-electron chi connectivity index (χ4n) is 2.04. The van der Waals surface area contributed by atoms with Gasteiger partial charge in [0.1, 0.15) is 11.8 Å². The zero-order chi connectivity index (χ0) is 15.9. The molecule has 1 aromatic carbocycles. The van der Waals surface area contributed by atoms with Crippen LogP contribution in [0.25, 0.3) is 0 Å². The van der Waals surface area contributed by atoms with E-state index in [9.17, 15) is 4.79 Å². The zero-order valence-corrected chi connectivity index (χ0v) is 13.7. The first-order valence-electron chi connectivity index (χ1n) is 7.43. The lowest BCUT2D eigenvalue weighted by Gasteiger charge is -2.19. The summed E-state index contributed by atoms with van der Waals surface area (Å²) in [7, 11) is 1.40. The molecule has 0 heterocycles. The van der Waals surface area contributed by atoms with Gasteiger partial charge in [0.2, 0.25) is 0 Å². The van der Waals surface area contributed by atoms with E-state index in [4.69, 9.17) is 9.47 Å². The summed E-state index contributed by atoms with van der Waals surface area (Å²) in [4.78, 5) is 11.6. The molecule has 4 heteroatoms. The van der Waals surface area contributed by atoms with E-state index in [1.165, 1.54) is 12.7 Å². The molecule has 0 saturated heterocycles. The van der Waals surface area contributed by atoms with Crippen molar-refractivity contribution < 1.29 is 14.3 Å². The first-order valence-corrected chi connectivity index (χ1v) is 7.43. The van der Waals surface area contributed by atoms with Crippen LogP contribution in [0.2, 0.25) is 0 Å². The molecular weight excluding hydrogens is 266 g/mol. The Hall–Kier alpha value is -1.55. The number of hydrogen-bond donors (Lipinski definition) is 1. The van der Waals surface area contributed by atoms with Crippen LogP contribution < -0.4 is 10.1 Å². The first-order chi connectivity index (χ1) is 9.88. The molecule has 21 heavy (non-hydrogen) atoms. The van der Waals surface area contributed by atoms with Gasteiger partial charge in [-0.2, -0.15) is 0 Å². The molecule has 1 aromatic rings. The highest BCUT2D eigenvalue weighted by Crippen LogP contribution is 2.24. The minimum Gasteiger partial charge on any atom is -0.494 e. The van der Waals surface area contributed by atoms with E-state index in [0.717, 1.165) is 12.3 Å². The number of rotatable bonds is 7. The summed E-state index contributed by atoms with van der Waals surface area (Å²) >= 11 is 0. The topological polar surface area (TPSA) is 47.6 Å². The van der Waals surface area contributed by atoms with Gasteiger partial charge in [-0.3, -0.25) is 4.79 Å². The standard InChI is InChI=1S/C17H27NO3/c1-6-18-15(16(19)20-5)11-12-21-14-9-7-13(8-10-14)17(2,3)4/h7-10,15,18H,6,11-12H2,1-5H3. The first kappa shape index (κ1) is 17.5. The number of carbonyl (C=O) groups excluding carboxylic acids is 1. The number of esters is 1. The lowest BCUT2D eigenvalue weighted by molar-refractivity contribution is -0.143. The molecule has 0 spiro atoms. The highest BCUT2D eigenvalue weighted by atomic mass is 16.5. The van der Waals surface area contributed by atoms with Crippen molar-refractivity contribution in [3.05, 3.63) is 29.8 Å².